The van der Waals surface area contributed by atoms with E-state index in [-0.39, 0.29) is 0 Å². The molecule has 2 N–H and O–H groups in total. The van der Waals surface area contributed by atoms with Crippen LogP contribution in [0, 0.1) is 0 Å². The molecule has 0 saturated carbocycles. The van der Waals surface area contributed by atoms with E-state index in [9.17, 15) is 5.11 Å². The Labute approximate surface area is 192 Å². The number of ether oxygens (including phenoxy) is 2. The van der Waals surface area contributed by atoms with Gasteiger partial charge < -0.3 is 19.6 Å². The number of likely N-dealkylation sites (tertiary alicyclic amines) is 1. The summed E-state index contributed by atoms with van der Waals surface area (Å²) in [7, 11) is 1.74. The van der Waals surface area contributed by atoms with Crippen LogP contribution in [0.4, 0.5) is 0 Å². The summed E-state index contributed by atoms with van der Waals surface area (Å²) in [6.07, 6.45) is 3.62. The van der Waals surface area contributed by atoms with Crippen LogP contribution in [0.2, 0.25) is 0 Å². The Hall–Kier alpha value is -2.54. The molecule has 2 aromatic carbocycles. The Morgan fingerprint density at radius 1 is 1.22 bits per heavy atom. The van der Waals surface area contributed by atoms with Gasteiger partial charge in [0.25, 0.3) is 0 Å². The lowest BCUT2D eigenvalue weighted by molar-refractivity contribution is 0.0404. The van der Waals surface area contributed by atoms with Crippen molar-refractivity contribution in [3.05, 3.63) is 59.6 Å². The van der Waals surface area contributed by atoms with Gasteiger partial charge in [-0.1, -0.05) is 6.07 Å². The number of nitrogens with one attached hydrogen (secondary N) is 1. The number of aromatic amines is 1. The Balaban J connectivity index is 1.16. The number of aliphatic hydroxyl groups is 1. The van der Waals surface area contributed by atoms with E-state index in [0.717, 1.165) is 41.8 Å². The molecule has 0 bridgehead atoms. The summed E-state index contributed by atoms with van der Waals surface area (Å²) in [6, 6.07) is 17.0. The first-order chi connectivity index (χ1) is 15.6. The van der Waals surface area contributed by atoms with Gasteiger partial charge in [-0.3, -0.25) is 4.90 Å². The van der Waals surface area contributed by atoms with E-state index < -0.39 is 6.10 Å². The first-order valence-corrected chi connectivity index (χ1v) is 12.1. The number of nitrogens with zero attached hydrogens (tertiary/aromatic N) is 1. The molecule has 6 heteroatoms. The molecule has 2 aromatic heterocycles. The lowest BCUT2D eigenvalue weighted by Gasteiger charge is -2.38. The number of H-pyrrole nitrogens is 1. The topological polar surface area (TPSA) is 57.7 Å². The first kappa shape index (κ1) is 21.3. The monoisotopic (exact) mass is 450 g/mol. The van der Waals surface area contributed by atoms with Crippen LogP contribution in [0.5, 0.6) is 11.5 Å². The summed E-state index contributed by atoms with van der Waals surface area (Å²) in [4.78, 5) is 7.02. The zero-order valence-electron chi connectivity index (χ0n) is 18.6. The average Bonchev–Trinajstić information content (AvgIpc) is 3.45. The molecule has 168 valence electrons. The van der Waals surface area contributed by atoms with Crippen LogP contribution < -0.4 is 9.47 Å². The number of piperidine rings is 1. The van der Waals surface area contributed by atoms with Gasteiger partial charge in [-0.25, -0.2) is 0 Å². The van der Waals surface area contributed by atoms with Crippen molar-refractivity contribution in [1.29, 1.82) is 0 Å². The smallest absolute Gasteiger partial charge is 0.127 e. The molecule has 4 aromatic rings. The molecule has 0 spiro atoms. The molecule has 5 rings (SSSR count). The number of methoxy groups -OCH3 is 1. The van der Waals surface area contributed by atoms with E-state index >= 15 is 0 Å². The Morgan fingerprint density at radius 3 is 2.97 bits per heavy atom. The van der Waals surface area contributed by atoms with Crippen LogP contribution in [-0.4, -0.2) is 53.9 Å². The van der Waals surface area contributed by atoms with Gasteiger partial charge in [0.15, 0.2) is 0 Å². The van der Waals surface area contributed by atoms with Crippen molar-refractivity contribution in [2.75, 3.05) is 26.8 Å². The molecule has 0 aliphatic carbocycles. The predicted octanol–water partition coefficient (Wildman–Crippen LogP) is 5.40. The van der Waals surface area contributed by atoms with E-state index in [4.69, 9.17) is 9.47 Å². The zero-order valence-corrected chi connectivity index (χ0v) is 19.4. The second-order valence-electron chi connectivity index (χ2n) is 8.78. The normalized spacial score (nSPS) is 20.6. The summed E-state index contributed by atoms with van der Waals surface area (Å²) >= 11 is 1.89. The van der Waals surface area contributed by atoms with Gasteiger partial charge in [-0.05, 0) is 74.7 Å². The second-order valence-corrected chi connectivity index (χ2v) is 9.89. The van der Waals surface area contributed by atoms with E-state index in [1.54, 1.807) is 7.11 Å². The van der Waals surface area contributed by atoms with E-state index in [1.807, 2.05) is 47.9 Å². The molecular weight excluding hydrogens is 420 g/mol. The van der Waals surface area contributed by atoms with Gasteiger partial charge in [-0.2, -0.15) is 0 Å². The molecule has 0 radical (unpaired) electrons. The van der Waals surface area contributed by atoms with E-state index in [0.29, 0.717) is 25.1 Å². The predicted molar refractivity (Wildman–Crippen MR) is 131 cm³/mol. The largest absolute Gasteiger partial charge is 0.496 e. The molecule has 1 fully saturated rings. The van der Waals surface area contributed by atoms with Crippen LogP contribution in [-0.2, 0) is 0 Å². The molecule has 1 saturated heterocycles. The van der Waals surface area contributed by atoms with Crippen LogP contribution in [0.3, 0.4) is 0 Å². The van der Waals surface area contributed by atoms with Gasteiger partial charge in [0.05, 0.1) is 7.11 Å². The quantitative estimate of drug-likeness (QED) is 0.396. The number of rotatable bonds is 7. The van der Waals surface area contributed by atoms with E-state index in [1.165, 1.54) is 15.0 Å². The number of aliphatic hydroxyl groups excluding tert-OH is 1. The lowest BCUT2D eigenvalue weighted by atomic mass is 9.90. The maximum atomic E-state index is 10.6. The SMILES string of the molecule is COc1cccc2sc([C@@H]3CCN(C[C@H](O)COc4ccc5[nH]ccc5c4)[C@H](C)C3)cc12. The number of hydrogen-bond acceptors (Lipinski definition) is 5. The Morgan fingerprint density at radius 2 is 2.12 bits per heavy atom. The van der Waals surface area contributed by atoms with Crippen molar-refractivity contribution in [3.8, 4) is 11.5 Å². The van der Waals surface area contributed by atoms with Crippen molar-refractivity contribution in [3.63, 3.8) is 0 Å². The fourth-order valence-electron chi connectivity index (χ4n) is 4.82. The third kappa shape index (κ3) is 4.35. The number of thiophene rings is 1. The summed E-state index contributed by atoms with van der Waals surface area (Å²) < 4.78 is 12.7. The molecule has 5 nitrogen and oxygen atoms in total. The summed E-state index contributed by atoms with van der Waals surface area (Å²) in [5.41, 5.74) is 1.09. The molecular formula is C26H30N2O3S. The molecule has 1 aliphatic heterocycles. The Kier molecular flexibility index (Phi) is 6.09. The van der Waals surface area contributed by atoms with E-state index in [2.05, 4.69) is 35.0 Å². The van der Waals surface area contributed by atoms with Gasteiger partial charge >= 0.3 is 0 Å². The van der Waals surface area contributed by atoms with Crippen molar-refractivity contribution in [1.82, 2.24) is 9.88 Å². The molecule has 3 atom stereocenters. The van der Waals surface area contributed by atoms with Gasteiger partial charge in [0, 0.05) is 44.6 Å². The molecule has 0 unspecified atom stereocenters. The fraction of sp³-hybridized carbons (Fsp3) is 0.385. The van der Waals surface area contributed by atoms with Crippen LogP contribution in [0.25, 0.3) is 21.0 Å². The van der Waals surface area contributed by atoms with Gasteiger partial charge in [-0.15, -0.1) is 11.3 Å². The number of fused-ring (bicyclic) bond motifs is 2. The highest BCUT2D eigenvalue weighted by molar-refractivity contribution is 7.19. The minimum absolute atomic E-state index is 0.304. The molecule has 0 amide bonds. The maximum Gasteiger partial charge on any atom is 0.127 e. The minimum Gasteiger partial charge on any atom is -0.496 e. The maximum absolute atomic E-state index is 10.6. The first-order valence-electron chi connectivity index (χ1n) is 11.3. The number of hydrogen-bond donors (Lipinski definition) is 2. The highest BCUT2D eigenvalue weighted by Gasteiger charge is 2.29. The Bertz CT molecular complexity index is 1200. The standard InChI is InChI=1S/C26H30N2O3S/c1-17-12-19(26-14-22-24(30-2)4-3-5-25(22)32-26)9-11-28(17)15-20(29)16-31-21-6-7-23-18(13-21)8-10-27-23/h3-8,10,13-14,17,19-20,27,29H,9,11-12,15-16H2,1-2H3/t17-,19-,20+/m1/s1. The van der Waals surface area contributed by atoms with Crippen LogP contribution >= 0.6 is 11.3 Å². The number of benzene rings is 2. The average molecular weight is 451 g/mol. The van der Waals surface area contributed by atoms with Crippen molar-refractivity contribution in [2.45, 2.75) is 37.8 Å². The summed E-state index contributed by atoms with van der Waals surface area (Å²) in [5.74, 6) is 2.31. The second kappa shape index (κ2) is 9.14. The third-order valence-corrected chi connectivity index (χ3v) is 7.85. The lowest BCUT2D eigenvalue weighted by Crippen LogP contribution is -2.45. The zero-order chi connectivity index (χ0) is 22.1. The van der Waals surface area contributed by atoms with Crippen LogP contribution in [0.1, 0.15) is 30.6 Å². The summed E-state index contributed by atoms with van der Waals surface area (Å²) in [6.45, 7) is 4.20. The van der Waals surface area contributed by atoms with Gasteiger partial charge in [0.1, 0.15) is 24.2 Å². The molecule has 32 heavy (non-hydrogen) atoms. The minimum atomic E-state index is -0.510. The van der Waals surface area contributed by atoms with Crippen LogP contribution in [0.15, 0.2) is 54.7 Å². The highest BCUT2D eigenvalue weighted by Crippen LogP contribution is 2.40. The van der Waals surface area contributed by atoms with Crippen molar-refractivity contribution >= 4 is 32.3 Å². The number of aromatic nitrogens is 1. The highest BCUT2D eigenvalue weighted by atomic mass is 32.1. The third-order valence-electron chi connectivity index (χ3n) is 6.59. The van der Waals surface area contributed by atoms with Crippen molar-refractivity contribution < 1.29 is 14.6 Å². The van der Waals surface area contributed by atoms with Crippen molar-refractivity contribution in [2.24, 2.45) is 0 Å². The fourth-order valence-corrected chi connectivity index (χ4v) is 6.05. The summed E-state index contributed by atoms with van der Waals surface area (Å²) in [5, 5.41) is 12.9. The molecule has 1 aliphatic rings. The molecule has 3 heterocycles. The van der Waals surface area contributed by atoms with Gasteiger partial charge in [0.2, 0.25) is 0 Å². The number of β-amino-alcohol motifs (C(OH)–C–C–N with tert-alkyl or cyclic N) is 1.